The Labute approximate surface area is 279 Å². The standard InChI is InChI=1S/C32H43N3O12S/c1-20(2)16-35(48(39,40)23-8-9-27-28(15-23)46-19-45-27)17-26(36)25(34-32(38)47-29-18-44-30-24(29)10-12-43-30)14-21-4-6-22(7-5-21)42-13-11-33-31(37)41-3/h4-9,15,20,24-26,29-30,36H,10-14,16-19H2,1-3H3,(H,33,37)(H,34,38)/t24-,25-,26+,29+,30+/m0/s1. The summed E-state index contributed by atoms with van der Waals surface area (Å²) < 4.78 is 66.7. The van der Waals surface area contributed by atoms with Crippen LogP contribution < -0.4 is 24.8 Å². The van der Waals surface area contributed by atoms with Crippen LogP contribution in [0.15, 0.2) is 47.4 Å². The molecule has 2 amide bonds. The lowest BCUT2D eigenvalue weighted by Crippen LogP contribution is -2.51. The topological polar surface area (TPSA) is 180 Å². The van der Waals surface area contributed by atoms with Crippen LogP contribution in [0.5, 0.6) is 17.2 Å². The lowest BCUT2D eigenvalue weighted by atomic mass is 10.0. The largest absolute Gasteiger partial charge is 0.492 e. The number of alkyl carbamates (subject to hydrolysis) is 2. The van der Waals surface area contributed by atoms with Gasteiger partial charge in [-0.2, -0.15) is 4.31 Å². The summed E-state index contributed by atoms with van der Waals surface area (Å²) in [6.45, 7) is 4.73. The normalized spacial score (nSPS) is 21.1. The van der Waals surface area contributed by atoms with E-state index in [9.17, 15) is 23.1 Å². The lowest BCUT2D eigenvalue weighted by molar-refractivity contribution is -0.0907. The third kappa shape index (κ3) is 8.99. The first-order chi connectivity index (χ1) is 23.0. The molecular weight excluding hydrogens is 650 g/mol. The first kappa shape index (κ1) is 35.5. The van der Waals surface area contributed by atoms with Gasteiger partial charge in [0.15, 0.2) is 17.8 Å². The van der Waals surface area contributed by atoms with Gasteiger partial charge in [-0.25, -0.2) is 18.0 Å². The van der Waals surface area contributed by atoms with Gasteiger partial charge in [-0.1, -0.05) is 26.0 Å². The van der Waals surface area contributed by atoms with Gasteiger partial charge in [0.2, 0.25) is 16.8 Å². The Morgan fingerprint density at radius 1 is 1.04 bits per heavy atom. The van der Waals surface area contributed by atoms with E-state index in [1.54, 1.807) is 24.3 Å². The third-order valence-corrected chi connectivity index (χ3v) is 9.98. The molecule has 2 aromatic rings. The molecule has 15 nitrogen and oxygen atoms in total. The summed E-state index contributed by atoms with van der Waals surface area (Å²) in [4.78, 5) is 24.4. The number of carbonyl (C=O) groups is 2. The number of nitrogens with one attached hydrogen (secondary N) is 2. The highest BCUT2D eigenvalue weighted by molar-refractivity contribution is 7.89. The first-order valence-electron chi connectivity index (χ1n) is 15.8. The highest BCUT2D eigenvalue weighted by Crippen LogP contribution is 2.35. The maximum atomic E-state index is 13.9. The van der Waals surface area contributed by atoms with Gasteiger partial charge in [0.25, 0.3) is 0 Å². The molecule has 0 aliphatic carbocycles. The van der Waals surface area contributed by atoms with Gasteiger partial charge in [-0.15, -0.1) is 0 Å². The zero-order valence-electron chi connectivity index (χ0n) is 27.2. The van der Waals surface area contributed by atoms with Gasteiger partial charge in [-0.3, -0.25) is 0 Å². The molecule has 2 saturated heterocycles. The summed E-state index contributed by atoms with van der Waals surface area (Å²) in [5.74, 6) is 1.16. The summed E-state index contributed by atoms with van der Waals surface area (Å²) in [6.07, 6.45) is -2.72. The molecule has 0 spiro atoms. The zero-order valence-corrected chi connectivity index (χ0v) is 28.0. The van der Waals surface area contributed by atoms with Crippen molar-refractivity contribution in [2.24, 2.45) is 11.8 Å². The Morgan fingerprint density at radius 2 is 1.81 bits per heavy atom. The fourth-order valence-electron chi connectivity index (χ4n) is 5.72. The van der Waals surface area contributed by atoms with E-state index in [0.717, 1.165) is 5.56 Å². The second-order valence-electron chi connectivity index (χ2n) is 12.1. The van der Waals surface area contributed by atoms with E-state index < -0.39 is 46.7 Å². The van der Waals surface area contributed by atoms with Crippen molar-refractivity contribution in [2.75, 3.05) is 53.4 Å². The monoisotopic (exact) mass is 693 g/mol. The van der Waals surface area contributed by atoms with E-state index in [4.69, 9.17) is 28.4 Å². The number of amides is 2. The molecule has 264 valence electrons. The molecule has 5 atom stereocenters. The molecule has 48 heavy (non-hydrogen) atoms. The lowest BCUT2D eigenvalue weighted by Gasteiger charge is -2.31. The van der Waals surface area contributed by atoms with Crippen molar-refractivity contribution in [1.29, 1.82) is 0 Å². The van der Waals surface area contributed by atoms with Crippen LogP contribution >= 0.6 is 0 Å². The fourth-order valence-corrected chi connectivity index (χ4v) is 7.36. The van der Waals surface area contributed by atoms with Crippen LogP contribution in [0.3, 0.4) is 0 Å². The number of ether oxygens (including phenoxy) is 7. The van der Waals surface area contributed by atoms with Crippen LogP contribution in [-0.4, -0.2) is 108 Å². The molecule has 3 heterocycles. The van der Waals surface area contributed by atoms with E-state index in [1.807, 2.05) is 13.8 Å². The van der Waals surface area contributed by atoms with Gasteiger partial charge < -0.3 is 48.9 Å². The molecule has 5 rings (SSSR count). The molecule has 0 bridgehead atoms. The van der Waals surface area contributed by atoms with E-state index in [1.165, 1.54) is 29.6 Å². The van der Waals surface area contributed by atoms with Gasteiger partial charge in [-0.05, 0) is 48.6 Å². The van der Waals surface area contributed by atoms with Crippen LogP contribution in [0.2, 0.25) is 0 Å². The summed E-state index contributed by atoms with van der Waals surface area (Å²) in [7, 11) is -2.81. The molecule has 2 aromatic carbocycles. The number of hydrogen-bond donors (Lipinski definition) is 3. The van der Waals surface area contributed by atoms with Crippen molar-refractivity contribution in [2.45, 2.75) is 56.1 Å². The van der Waals surface area contributed by atoms with Crippen molar-refractivity contribution < 1.29 is 56.3 Å². The predicted molar refractivity (Wildman–Crippen MR) is 169 cm³/mol. The van der Waals surface area contributed by atoms with Crippen LogP contribution in [0.1, 0.15) is 25.8 Å². The molecule has 3 N–H and O–H groups in total. The number of sulfonamides is 1. The van der Waals surface area contributed by atoms with Gasteiger partial charge in [0.1, 0.15) is 18.5 Å². The maximum absolute atomic E-state index is 13.9. The number of fused-ring (bicyclic) bond motifs is 2. The molecule has 0 aromatic heterocycles. The van der Waals surface area contributed by atoms with Crippen LogP contribution in [-0.2, 0) is 35.4 Å². The van der Waals surface area contributed by atoms with Crippen molar-refractivity contribution in [3.05, 3.63) is 48.0 Å². The highest BCUT2D eigenvalue weighted by atomic mass is 32.2. The molecule has 3 aliphatic heterocycles. The van der Waals surface area contributed by atoms with Gasteiger partial charge in [0, 0.05) is 19.2 Å². The quantitative estimate of drug-likeness (QED) is 0.232. The minimum atomic E-state index is -4.09. The smallest absolute Gasteiger partial charge is 0.407 e. The number of aliphatic hydroxyl groups excluding tert-OH is 1. The minimum absolute atomic E-state index is 0.00216. The highest BCUT2D eigenvalue weighted by Gasteiger charge is 2.44. The summed E-state index contributed by atoms with van der Waals surface area (Å²) in [6, 6.07) is 10.4. The summed E-state index contributed by atoms with van der Waals surface area (Å²) in [5.41, 5.74) is 0.738. The average molecular weight is 694 g/mol. The minimum Gasteiger partial charge on any atom is -0.492 e. The molecular formula is C32H43N3O12S. The van der Waals surface area contributed by atoms with E-state index in [0.29, 0.717) is 30.3 Å². The van der Waals surface area contributed by atoms with Crippen LogP contribution in [0, 0.1) is 11.8 Å². The van der Waals surface area contributed by atoms with E-state index >= 15 is 0 Å². The van der Waals surface area contributed by atoms with Crippen molar-refractivity contribution in [3.63, 3.8) is 0 Å². The van der Waals surface area contributed by atoms with Gasteiger partial charge >= 0.3 is 12.2 Å². The number of aliphatic hydroxyl groups is 1. The summed E-state index contributed by atoms with van der Waals surface area (Å²) in [5, 5.41) is 16.9. The average Bonchev–Trinajstić information content (AvgIpc) is 3.81. The number of methoxy groups -OCH3 is 1. The SMILES string of the molecule is COC(=O)NCCOc1ccc(C[C@H](NC(=O)O[C@@H]2CO[C@H]3OCC[C@H]32)[C@H](O)CN(CC(C)C)S(=O)(=O)c2ccc3c(c2)OCO3)cc1. The predicted octanol–water partition coefficient (Wildman–Crippen LogP) is 2.26. The van der Waals surface area contributed by atoms with Crippen molar-refractivity contribution >= 4 is 22.2 Å². The van der Waals surface area contributed by atoms with Crippen LogP contribution in [0.25, 0.3) is 0 Å². The second-order valence-corrected chi connectivity index (χ2v) is 14.1. The summed E-state index contributed by atoms with van der Waals surface area (Å²) >= 11 is 0. The van der Waals surface area contributed by atoms with E-state index in [-0.39, 0.29) is 62.8 Å². The van der Waals surface area contributed by atoms with Crippen molar-refractivity contribution in [1.82, 2.24) is 14.9 Å². The molecule has 16 heteroatoms. The molecule has 2 fully saturated rings. The molecule has 3 aliphatic rings. The Kier molecular flexibility index (Phi) is 11.9. The fraction of sp³-hybridized carbons (Fsp3) is 0.562. The number of carbonyl (C=O) groups excluding carboxylic acids is 2. The third-order valence-electron chi connectivity index (χ3n) is 8.16. The van der Waals surface area contributed by atoms with Gasteiger partial charge in [0.05, 0.1) is 49.8 Å². The number of nitrogens with zero attached hydrogens (tertiary/aromatic N) is 1. The van der Waals surface area contributed by atoms with Crippen molar-refractivity contribution in [3.8, 4) is 17.2 Å². The molecule has 0 saturated carbocycles. The Balaban J connectivity index is 1.30. The Bertz CT molecular complexity index is 1510. The van der Waals surface area contributed by atoms with Crippen LogP contribution in [0.4, 0.5) is 9.59 Å². The number of rotatable bonds is 15. The molecule has 0 unspecified atom stereocenters. The Hall–Kier alpha value is -3.83. The Morgan fingerprint density at radius 3 is 2.56 bits per heavy atom. The maximum Gasteiger partial charge on any atom is 0.407 e. The number of hydrogen-bond acceptors (Lipinski definition) is 12. The zero-order chi connectivity index (χ0) is 34.3. The first-order valence-corrected chi connectivity index (χ1v) is 17.3. The second kappa shape index (κ2) is 16.0. The molecule has 0 radical (unpaired) electrons. The van der Waals surface area contributed by atoms with E-state index in [2.05, 4.69) is 15.4 Å². The number of benzene rings is 2.